The lowest BCUT2D eigenvalue weighted by molar-refractivity contribution is 0.0268. The van der Waals surface area contributed by atoms with E-state index in [0.29, 0.717) is 0 Å². The Bertz CT molecular complexity index is 445. The fourth-order valence-corrected chi connectivity index (χ4v) is 1.84. The van der Waals surface area contributed by atoms with E-state index >= 15 is 0 Å². The molecule has 1 heterocycles. The van der Waals surface area contributed by atoms with Gasteiger partial charge in [-0.1, -0.05) is 0 Å². The molecule has 0 spiro atoms. The van der Waals surface area contributed by atoms with Gasteiger partial charge in [0.1, 0.15) is 5.82 Å². The molecular weight excluding hydrogens is 393 g/mol. The van der Waals surface area contributed by atoms with Crippen LogP contribution in [0.25, 0.3) is 0 Å². The van der Waals surface area contributed by atoms with Crippen LogP contribution < -0.4 is 10.6 Å². The highest BCUT2D eigenvalue weighted by Gasteiger charge is 2.16. The SMILES string of the molecule is CN=C(NCCCCn1ccnc1C)NCC(C)(C)OC.I. The molecule has 0 unspecified atom stereocenters. The Morgan fingerprint density at radius 2 is 2.09 bits per heavy atom. The van der Waals surface area contributed by atoms with Gasteiger partial charge in [-0.25, -0.2) is 4.98 Å². The van der Waals surface area contributed by atoms with Gasteiger partial charge in [-0.2, -0.15) is 0 Å². The minimum absolute atomic E-state index is 0. The summed E-state index contributed by atoms with van der Waals surface area (Å²) in [5.41, 5.74) is -0.198. The molecule has 128 valence electrons. The van der Waals surface area contributed by atoms with Gasteiger partial charge in [0.15, 0.2) is 5.96 Å². The summed E-state index contributed by atoms with van der Waals surface area (Å²) >= 11 is 0. The summed E-state index contributed by atoms with van der Waals surface area (Å²) < 4.78 is 7.55. The first-order valence-corrected chi connectivity index (χ1v) is 7.46. The van der Waals surface area contributed by atoms with Crippen LogP contribution in [-0.2, 0) is 11.3 Å². The molecule has 0 atom stereocenters. The molecule has 0 aliphatic rings. The van der Waals surface area contributed by atoms with E-state index in [0.717, 1.165) is 44.3 Å². The van der Waals surface area contributed by atoms with E-state index in [1.807, 2.05) is 33.2 Å². The Morgan fingerprint density at radius 1 is 1.36 bits per heavy atom. The molecule has 0 aliphatic carbocycles. The molecule has 0 fully saturated rings. The van der Waals surface area contributed by atoms with Crippen LogP contribution in [0.15, 0.2) is 17.4 Å². The van der Waals surface area contributed by atoms with Crippen molar-refractivity contribution >= 4 is 29.9 Å². The van der Waals surface area contributed by atoms with Crippen LogP contribution in [0, 0.1) is 6.92 Å². The molecule has 0 radical (unpaired) electrons. The standard InChI is InChI=1S/C15H29N5O.HI/c1-13-17-9-11-20(13)10-7-6-8-18-14(16-4)19-12-15(2,3)21-5;/h9,11H,6-8,10,12H2,1-5H3,(H2,16,18,19);1H. The van der Waals surface area contributed by atoms with Crippen molar-refractivity contribution in [3.63, 3.8) is 0 Å². The quantitative estimate of drug-likeness (QED) is 0.291. The number of halogens is 1. The van der Waals surface area contributed by atoms with Gasteiger partial charge in [-0.05, 0) is 33.6 Å². The number of aromatic nitrogens is 2. The van der Waals surface area contributed by atoms with Crippen molar-refractivity contribution in [3.05, 3.63) is 18.2 Å². The third kappa shape index (κ3) is 7.98. The third-order valence-electron chi connectivity index (χ3n) is 3.50. The van der Waals surface area contributed by atoms with E-state index < -0.39 is 0 Å². The van der Waals surface area contributed by atoms with Crippen LogP contribution >= 0.6 is 24.0 Å². The number of hydrogen-bond donors (Lipinski definition) is 2. The molecule has 0 amide bonds. The highest BCUT2D eigenvalue weighted by atomic mass is 127. The van der Waals surface area contributed by atoms with Crippen molar-refractivity contribution in [1.82, 2.24) is 20.2 Å². The first-order valence-electron chi connectivity index (χ1n) is 7.46. The Hall–Kier alpha value is -0.830. The molecule has 1 aromatic rings. The molecular formula is C15H30IN5O. The minimum Gasteiger partial charge on any atom is -0.377 e. The third-order valence-corrected chi connectivity index (χ3v) is 3.50. The summed E-state index contributed by atoms with van der Waals surface area (Å²) in [5.74, 6) is 1.89. The summed E-state index contributed by atoms with van der Waals surface area (Å²) in [6.07, 6.45) is 6.07. The van der Waals surface area contributed by atoms with E-state index in [9.17, 15) is 0 Å². The minimum atomic E-state index is -0.198. The van der Waals surface area contributed by atoms with Crippen molar-refractivity contribution in [1.29, 1.82) is 0 Å². The topological polar surface area (TPSA) is 63.5 Å². The molecule has 0 aliphatic heterocycles. The van der Waals surface area contributed by atoms with E-state index in [1.165, 1.54) is 0 Å². The fourth-order valence-electron chi connectivity index (χ4n) is 1.84. The maximum atomic E-state index is 5.37. The first kappa shape index (κ1) is 21.2. The maximum Gasteiger partial charge on any atom is 0.191 e. The summed E-state index contributed by atoms with van der Waals surface area (Å²) in [6, 6.07) is 0. The van der Waals surface area contributed by atoms with E-state index in [2.05, 4.69) is 25.2 Å². The maximum absolute atomic E-state index is 5.37. The Morgan fingerprint density at radius 3 is 2.64 bits per heavy atom. The molecule has 1 rings (SSSR count). The van der Waals surface area contributed by atoms with Crippen molar-refractivity contribution in [3.8, 4) is 0 Å². The number of imidazole rings is 1. The van der Waals surface area contributed by atoms with Crippen molar-refractivity contribution in [2.24, 2.45) is 4.99 Å². The van der Waals surface area contributed by atoms with Gasteiger partial charge < -0.3 is 19.9 Å². The lowest BCUT2D eigenvalue weighted by Gasteiger charge is -2.24. The zero-order valence-electron chi connectivity index (χ0n) is 14.3. The van der Waals surface area contributed by atoms with Gasteiger partial charge >= 0.3 is 0 Å². The van der Waals surface area contributed by atoms with E-state index in [-0.39, 0.29) is 29.6 Å². The number of rotatable bonds is 8. The van der Waals surface area contributed by atoms with E-state index in [4.69, 9.17) is 4.74 Å². The van der Waals surface area contributed by atoms with E-state index in [1.54, 1.807) is 14.2 Å². The normalized spacial score (nSPS) is 12.0. The summed E-state index contributed by atoms with van der Waals surface area (Å²) in [6.45, 7) is 8.75. The zero-order chi connectivity index (χ0) is 15.7. The lowest BCUT2D eigenvalue weighted by Crippen LogP contribution is -2.45. The summed E-state index contributed by atoms with van der Waals surface area (Å²) in [7, 11) is 3.50. The molecule has 2 N–H and O–H groups in total. The van der Waals surface area contributed by atoms with Gasteiger partial charge in [0.25, 0.3) is 0 Å². The van der Waals surface area contributed by atoms with Crippen LogP contribution in [0.4, 0.5) is 0 Å². The lowest BCUT2D eigenvalue weighted by atomic mass is 10.1. The average Bonchev–Trinajstić information content (AvgIpc) is 2.87. The zero-order valence-corrected chi connectivity index (χ0v) is 16.7. The number of methoxy groups -OCH3 is 1. The Labute approximate surface area is 151 Å². The van der Waals surface area contributed by atoms with Gasteiger partial charge in [0.2, 0.25) is 0 Å². The molecule has 0 saturated heterocycles. The monoisotopic (exact) mass is 423 g/mol. The molecule has 7 heteroatoms. The van der Waals surface area contributed by atoms with Crippen molar-refractivity contribution in [2.45, 2.75) is 45.8 Å². The highest BCUT2D eigenvalue weighted by molar-refractivity contribution is 14.0. The van der Waals surface area contributed by atoms with Gasteiger partial charge in [-0.3, -0.25) is 4.99 Å². The molecule has 0 saturated carbocycles. The number of unbranched alkanes of at least 4 members (excludes halogenated alkanes) is 1. The predicted molar refractivity (Wildman–Crippen MR) is 102 cm³/mol. The molecule has 0 aromatic carbocycles. The number of nitrogens with one attached hydrogen (secondary N) is 2. The summed E-state index contributed by atoms with van der Waals surface area (Å²) in [5, 5.41) is 6.59. The Kier molecular flexibility index (Phi) is 10.4. The van der Waals surface area contributed by atoms with Crippen LogP contribution in [-0.4, -0.2) is 48.4 Å². The Balaban J connectivity index is 0.00000441. The second-order valence-electron chi connectivity index (χ2n) is 5.69. The van der Waals surface area contributed by atoms with Crippen LogP contribution in [0.1, 0.15) is 32.5 Å². The van der Waals surface area contributed by atoms with Crippen LogP contribution in [0.5, 0.6) is 0 Å². The van der Waals surface area contributed by atoms with Gasteiger partial charge in [0.05, 0.1) is 5.60 Å². The average molecular weight is 423 g/mol. The number of aryl methyl sites for hydroxylation is 2. The van der Waals surface area contributed by atoms with Crippen molar-refractivity contribution in [2.75, 3.05) is 27.2 Å². The van der Waals surface area contributed by atoms with Crippen LogP contribution in [0.2, 0.25) is 0 Å². The summed E-state index contributed by atoms with van der Waals surface area (Å²) in [4.78, 5) is 8.43. The molecule has 0 bridgehead atoms. The number of hydrogen-bond acceptors (Lipinski definition) is 3. The smallest absolute Gasteiger partial charge is 0.191 e. The van der Waals surface area contributed by atoms with Gasteiger partial charge in [0, 0.05) is 46.2 Å². The van der Waals surface area contributed by atoms with Crippen molar-refractivity contribution < 1.29 is 4.74 Å². The fraction of sp³-hybridized carbons (Fsp3) is 0.733. The number of nitrogens with zero attached hydrogens (tertiary/aromatic N) is 3. The number of guanidine groups is 1. The first-order chi connectivity index (χ1) is 9.98. The molecule has 6 nitrogen and oxygen atoms in total. The molecule has 1 aromatic heterocycles. The highest BCUT2D eigenvalue weighted by Crippen LogP contribution is 2.04. The van der Waals surface area contributed by atoms with Crippen LogP contribution in [0.3, 0.4) is 0 Å². The second kappa shape index (κ2) is 10.8. The molecule has 22 heavy (non-hydrogen) atoms. The number of aliphatic imine (C=N–C) groups is 1. The second-order valence-corrected chi connectivity index (χ2v) is 5.69. The van der Waals surface area contributed by atoms with Gasteiger partial charge in [-0.15, -0.1) is 24.0 Å². The number of ether oxygens (including phenoxy) is 1. The predicted octanol–water partition coefficient (Wildman–Crippen LogP) is 2.18. The largest absolute Gasteiger partial charge is 0.377 e.